The third kappa shape index (κ3) is 14.4. The minimum absolute atomic E-state index is 0.0125. The van der Waals surface area contributed by atoms with Crippen LogP contribution in [0.3, 0.4) is 0 Å². The van der Waals surface area contributed by atoms with Crippen LogP contribution in [-0.4, -0.2) is 108 Å². The third-order valence-electron chi connectivity index (χ3n) is 11.4. The lowest BCUT2D eigenvalue weighted by Crippen LogP contribution is -2.36. The van der Waals surface area contributed by atoms with E-state index in [1.807, 2.05) is 26.8 Å². The summed E-state index contributed by atoms with van der Waals surface area (Å²) in [6.07, 6.45) is 11.2. The molecule has 3 N–H and O–H groups in total. The van der Waals surface area contributed by atoms with E-state index in [0.717, 1.165) is 0 Å². The van der Waals surface area contributed by atoms with E-state index in [2.05, 4.69) is 15.0 Å². The number of hydrogen-bond acceptors (Lipinski definition) is 16. The van der Waals surface area contributed by atoms with E-state index in [-0.39, 0.29) is 72.6 Å². The van der Waals surface area contributed by atoms with Crippen LogP contribution in [0.1, 0.15) is 103 Å². The molecule has 0 fully saturated rings. The van der Waals surface area contributed by atoms with Crippen molar-refractivity contribution in [3.63, 3.8) is 0 Å². The highest BCUT2D eigenvalue weighted by molar-refractivity contribution is 5.82. The number of carbonyl (C=O) groups is 4. The number of nitrogens with two attached hydrogens (primary N) is 1. The van der Waals surface area contributed by atoms with Crippen LogP contribution < -0.4 is 5.73 Å². The van der Waals surface area contributed by atoms with Crippen molar-refractivity contribution in [3.8, 4) is 23.2 Å². The van der Waals surface area contributed by atoms with E-state index in [4.69, 9.17) is 37.9 Å². The number of carbonyl (C=O) groups excluding carboxylic acids is 4. The van der Waals surface area contributed by atoms with Gasteiger partial charge in [-0.1, -0.05) is 39.8 Å². The summed E-state index contributed by atoms with van der Waals surface area (Å²) in [7, 11) is 6.25. The molecule has 336 valence electrons. The van der Waals surface area contributed by atoms with E-state index in [0.29, 0.717) is 67.9 Å². The molecule has 61 heavy (non-hydrogen) atoms. The topological polar surface area (TPSA) is 233 Å². The van der Waals surface area contributed by atoms with Crippen LogP contribution in [0.5, 0.6) is 0 Å². The van der Waals surface area contributed by atoms with Crippen LogP contribution in [0.15, 0.2) is 50.4 Å². The number of aromatic nitrogens is 3. The normalized spacial score (nSPS) is 24.3. The van der Waals surface area contributed by atoms with Crippen molar-refractivity contribution in [1.29, 1.82) is 0 Å². The van der Waals surface area contributed by atoms with Crippen LogP contribution in [0.25, 0.3) is 29.2 Å². The van der Waals surface area contributed by atoms with E-state index < -0.39 is 36.2 Å². The Balaban J connectivity index is 1.49. The number of esters is 1. The van der Waals surface area contributed by atoms with Gasteiger partial charge in [-0.05, 0) is 50.0 Å². The number of amides is 1. The van der Waals surface area contributed by atoms with Gasteiger partial charge < -0.3 is 47.9 Å². The molecule has 1 aliphatic heterocycles. The van der Waals surface area contributed by atoms with Crippen molar-refractivity contribution in [2.75, 3.05) is 28.4 Å². The van der Waals surface area contributed by atoms with Gasteiger partial charge >= 0.3 is 5.97 Å². The Morgan fingerprint density at radius 3 is 2.39 bits per heavy atom. The standard InChI is InChI=1S/C44H63N5O12/c1-26-12-9-10-14-40-46-33(23-58-40)43-48-34(24-60-43)44-47-32(22-59-44)42(57-8)29(4)36(53)19-30(45)18-31(51)20-41(54)61-39(26)21-38(56-7)27(2)15-16-35(52)28(3)37(55-6)13-11-17-49(5)25-50/h10-11,14,17,22-31,37-39,42,51H,9,12-13,15-16,18-21,45H2,1-8H3. The Morgan fingerprint density at radius 2 is 1.69 bits per heavy atom. The van der Waals surface area contributed by atoms with Gasteiger partial charge in [0.05, 0.1) is 24.7 Å². The number of methoxy groups -OCH3 is 3. The number of rotatable bonds is 15. The smallest absolute Gasteiger partial charge is 0.308 e. The number of cyclic esters (lactones) is 1. The molecule has 3 aromatic heterocycles. The number of ether oxygens (including phenoxy) is 4. The summed E-state index contributed by atoms with van der Waals surface area (Å²) in [6.45, 7) is 7.53. The van der Waals surface area contributed by atoms with Crippen molar-refractivity contribution < 1.29 is 56.5 Å². The van der Waals surface area contributed by atoms with Crippen molar-refractivity contribution in [2.45, 2.75) is 122 Å². The second kappa shape index (κ2) is 24.0. The number of nitrogens with zero attached hydrogens (tertiary/aromatic N) is 4. The SMILES string of the molecule is COC(CC1OC(=O)CC(O)CC(N)CC(=O)C(C)C(OC)c2coc(n2)-c2coc(n2)-c2coc(n2)C=CCCC1C)C(C)CCC(=O)C(C)C(CC=CN(C)C=O)OC. The Kier molecular flexibility index (Phi) is 19.2. The van der Waals surface area contributed by atoms with Crippen molar-refractivity contribution >= 4 is 30.0 Å². The maximum atomic E-state index is 13.4. The highest BCUT2D eigenvalue weighted by Gasteiger charge is 2.33. The molecule has 0 aliphatic carbocycles. The molecule has 0 saturated carbocycles. The zero-order valence-electron chi connectivity index (χ0n) is 36.6. The van der Waals surface area contributed by atoms with Gasteiger partial charge in [0, 0.05) is 71.7 Å². The summed E-state index contributed by atoms with van der Waals surface area (Å²) in [6, 6.07) is -0.742. The molecule has 4 heterocycles. The maximum absolute atomic E-state index is 13.4. The van der Waals surface area contributed by atoms with Crippen LogP contribution in [0, 0.1) is 23.7 Å². The molecule has 1 amide bonds. The first kappa shape index (κ1) is 48.9. The number of aliphatic hydroxyl groups is 1. The van der Waals surface area contributed by atoms with Gasteiger partial charge in [0.2, 0.25) is 24.1 Å². The lowest BCUT2D eigenvalue weighted by molar-refractivity contribution is -0.156. The van der Waals surface area contributed by atoms with Gasteiger partial charge in [0.1, 0.15) is 48.3 Å². The molecule has 10 atom stereocenters. The summed E-state index contributed by atoms with van der Waals surface area (Å²) in [5.41, 5.74) is 7.39. The van der Waals surface area contributed by atoms with Crippen LogP contribution in [0.2, 0.25) is 0 Å². The van der Waals surface area contributed by atoms with E-state index >= 15 is 0 Å². The van der Waals surface area contributed by atoms with Gasteiger partial charge in [0.25, 0.3) is 0 Å². The van der Waals surface area contributed by atoms with E-state index in [1.54, 1.807) is 46.5 Å². The minimum atomic E-state index is -1.16. The molecule has 3 aromatic rings. The number of hydrogen-bond donors (Lipinski definition) is 2. The number of fused-ring (bicyclic) bond motifs is 8. The molecule has 1 aliphatic rings. The monoisotopic (exact) mass is 853 g/mol. The first-order valence-electron chi connectivity index (χ1n) is 20.8. The van der Waals surface area contributed by atoms with Crippen molar-refractivity contribution in [2.24, 2.45) is 29.4 Å². The molecule has 17 heteroatoms. The summed E-state index contributed by atoms with van der Waals surface area (Å²) >= 11 is 0. The molecule has 0 radical (unpaired) electrons. The second-order valence-electron chi connectivity index (χ2n) is 16.1. The minimum Gasteiger partial charge on any atom is -0.462 e. The fourth-order valence-corrected chi connectivity index (χ4v) is 7.41. The molecular formula is C44H63N5O12. The number of aliphatic hydroxyl groups excluding tert-OH is 1. The lowest BCUT2D eigenvalue weighted by Gasteiger charge is -2.31. The summed E-state index contributed by atoms with van der Waals surface area (Å²) in [5.74, 6) is -1.36. The Labute approximate surface area is 357 Å². The predicted molar refractivity (Wildman–Crippen MR) is 223 cm³/mol. The summed E-state index contributed by atoms with van der Waals surface area (Å²) < 4.78 is 40.3. The molecule has 17 nitrogen and oxygen atoms in total. The Morgan fingerprint density at radius 1 is 1.00 bits per heavy atom. The Bertz CT molecular complexity index is 1900. The second-order valence-corrected chi connectivity index (χ2v) is 16.1. The van der Waals surface area contributed by atoms with Crippen LogP contribution in [0.4, 0.5) is 0 Å². The fraction of sp³-hybridized carbons (Fsp3) is 0.614. The average Bonchev–Trinajstić information content (AvgIpc) is 4.03. The van der Waals surface area contributed by atoms with Crippen LogP contribution in [-0.2, 0) is 38.1 Å². The van der Waals surface area contributed by atoms with E-state index in [9.17, 15) is 24.3 Å². The molecule has 0 aromatic carbocycles. The lowest BCUT2D eigenvalue weighted by atomic mass is 9.86. The quantitative estimate of drug-likeness (QED) is 0.129. The number of allylic oxidation sites excluding steroid dienone is 1. The molecule has 0 saturated heterocycles. The average molecular weight is 854 g/mol. The third-order valence-corrected chi connectivity index (χ3v) is 11.4. The highest BCUT2D eigenvalue weighted by Crippen LogP contribution is 2.32. The summed E-state index contributed by atoms with van der Waals surface area (Å²) in [5, 5.41) is 10.9. The fourth-order valence-electron chi connectivity index (χ4n) is 7.41. The van der Waals surface area contributed by atoms with Gasteiger partial charge in [-0.25, -0.2) is 15.0 Å². The molecule has 10 unspecified atom stereocenters. The molecular weight excluding hydrogens is 791 g/mol. The van der Waals surface area contributed by atoms with Gasteiger partial charge in [-0.15, -0.1) is 0 Å². The van der Waals surface area contributed by atoms with Crippen LogP contribution >= 0.6 is 0 Å². The zero-order valence-corrected chi connectivity index (χ0v) is 36.6. The molecule has 0 spiro atoms. The number of ketones is 2. The highest BCUT2D eigenvalue weighted by atomic mass is 16.5. The van der Waals surface area contributed by atoms with Crippen molar-refractivity contribution in [1.82, 2.24) is 19.9 Å². The molecule has 4 rings (SSSR count). The first-order chi connectivity index (χ1) is 29.2. The largest absolute Gasteiger partial charge is 0.462 e. The molecule has 6 bridgehead atoms. The van der Waals surface area contributed by atoms with Gasteiger partial charge in [-0.3, -0.25) is 19.2 Å². The number of oxazole rings is 3. The first-order valence-corrected chi connectivity index (χ1v) is 20.8. The van der Waals surface area contributed by atoms with Crippen molar-refractivity contribution in [3.05, 3.63) is 48.7 Å². The predicted octanol–water partition coefficient (Wildman–Crippen LogP) is 6.12. The number of Topliss-reactive ketones (excluding diaryl/α,β-unsaturated/α-hetero) is 2. The summed E-state index contributed by atoms with van der Waals surface area (Å²) in [4.78, 5) is 65.8. The van der Waals surface area contributed by atoms with Gasteiger partial charge in [0.15, 0.2) is 11.4 Å². The van der Waals surface area contributed by atoms with Gasteiger partial charge in [-0.2, -0.15) is 0 Å². The zero-order chi connectivity index (χ0) is 44.6. The Hall–Kier alpha value is -4.81. The van der Waals surface area contributed by atoms with E-state index in [1.165, 1.54) is 30.8 Å². The maximum Gasteiger partial charge on any atom is 0.308 e.